The van der Waals surface area contributed by atoms with E-state index in [0.717, 1.165) is 6.42 Å². The first kappa shape index (κ1) is 17.7. The normalized spacial score (nSPS) is 12.7. The fourth-order valence-electron chi connectivity index (χ4n) is 2.47. The van der Waals surface area contributed by atoms with Crippen LogP contribution >= 0.6 is 0 Å². The van der Waals surface area contributed by atoms with Crippen molar-refractivity contribution < 1.29 is 14.3 Å². The van der Waals surface area contributed by atoms with E-state index in [9.17, 15) is 4.79 Å². The lowest BCUT2D eigenvalue weighted by atomic mass is 9.82. The molecule has 0 radical (unpaired) electrons. The minimum absolute atomic E-state index is 0.288. The lowest BCUT2D eigenvalue weighted by Crippen LogP contribution is -2.12. The molecule has 1 unspecified atom stereocenters. The molecule has 21 heavy (non-hydrogen) atoms. The minimum atomic E-state index is -0.288. The molecule has 118 valence electrons. The van der Waals surface area contributed by atoms with Crippen LogP contribution in [0.2, 0.25) is 0 Å². The molecular formula is C18H28O3. The summed E-state index contributed by atoms with van der Waals surface area (Å²) in [6, 6.07) is 7.83. The lowest BCUT2D eigenvalue weighted by molar-refractivity contribution is 0.0388. The van der Waals surface area contributed by atoms with Crippen LogP contribution in [0.3, 0.4) is 0 Å². The molecule has 1 aromatic carbocycles. The highest BCUT2D eigenvalue weighted by molar-refractivity contribution is 5.89. The van der Waals surface area contributed by atoms with Crippen molar-refractivity contribution >= 4 is 5.97 Å². The maximum atomic E-state index is 11.8. The van der Waals surface area contributed by atoms with E-state index in [1.807, 2.05) is 12.1 Å². The summed E-state index contributed by atoms with van der Waals surface area (Å²) in [5, 5.41) is 0. The van der Waals surface area contributed by atoms with Crippen LogP contribution in [0.15, 0.2) is 24.3 Å². The highest BCUT2D eigenvalue weighted by atomic mass is 16.6. The third-order valence-electron chi connectivity index (χ3n) is 3.63. The summed E-state index contributed by atoms with van der Waals surface area (Å²) in [5.41, 5.74) is 1.90. The second-order valence-corrected chi connectivity index (χ2v) is 6.23. The van der Waals surface area contributed by atoms with Crippen molar-refractivity contribution in [3.63, 3.8) is 0 Å². The van der Waals surface area contributed by atoms with Gasteiger partial charge >= 0.3 is 5.97 Å². The Labute approximate surface area is 128 Å². The maximum Gasteiger partial charge on any atom is 0.338 e. The molecule has 0 aromatic heterocycles. The quantitative estimate of drug-likeness (QED) is 0.530. The number of rotatable bonds is 8. The van der Waals surface area contributed by atoms with Crippen LogP contribution in [-0.2, 0) is 9.47 Å². The predicted octanol–water partition coefficient (Wildman–Crippen LogP) is 4.28. The van der Waals surface area contributed by atoms with Gasteiger partial charge in [-0.05, 0) is 41.9 Å². The number of carbonyl (C=O) groups excluding carboxylic acids is 1. The summed E-state index contributed by atoms with van der Waals surface area (Å²) in [5.74, 6) is 1.50. The van der Waals surface area contributed by atoms with E-state index in [1.54, 1.807) is 7.11 Å². The van der Waals surface area contributed by atoms with E-state index < -0.39 is 0 Å². The molecule has 3 nitrogen and oxygen atoms in total. The Morgan fingerprint density at radius 3 is 2.14 bits per heavy atom. The van der Waals surface area contributed by atoms with Gasteiger partial charge in [-0.2, -0.15) is 0 Å². The minimum Gasteiger partial charge on any atom is -0.460 e. The van der Waals surface area contributed by atoms with Gasteiger partial charge < -0.3 is 9.47 Å². The number of methoxy groups -OCH3 is 1. The van der Waals surface area contributed by atoms with Crippen LogP contribution in [0, 0.1) is 11.8 Å². The van der Waals surface area contributed by atoms with E-state index in [-0.39, 0.29) is 5.97 Å². The molecular weight excluding hydrogens is 264 g/mol. The molecule has 3 heteroatoms. The molecule has 0 fully saturated rings. The average molecular weight is 292 g/mol. The van der Waals surface area contributed by atoms with Crippen molar-refractivity contribution in [3.8, 4) is 0 Å². The molecule has 0 amide bonds. The molecule has 1 aromatic rings. The Hall–Kier alpha value is -1.35. The van der Waals surface area contributed by atoms with Gasteiger partial charge in [-0.15, -0.1) is 0 Å². The molecule has 0 saturated heterocycles. The van der Waals surface area contributed by atoms with Crippen LogP contribution in [-0.4, -0.2) is 26.3 Å². The Morgan fingerprint density at radius 1 is 1.05 bits per heavy atom. The second-order valence-electron chi connectivity index (χ2n) is 6.23. The van der Waals surface area contributed by atoms with Crippen molar-refractivity contribution in [1.82, 2.24) is 0 Å². The highest BCUT2D eigenvalue weighted by Crippen LogP contribution is 2.31. The summed E-state index contributed by atoms with van der Waals surface area (Å²) in [6.45, 7) is 9.71. The summed E-state index contributed by atoms with van der Waals surface area (Å²) in [4.78, 5) is 11.8. The SMILES string of the molecule is COCCOC(=O)c1ccc(C(CC(C)C)C(C)C)cc1. The molecule has 0 N–H and O–H groups in total. The fourth-order valence-corrected chi connectivity index (χ4v) is 2.47. The molecule has 0 aliphatic rings. The monoisotopic (exact) mass is 292 g/mol. The van der Waals surface area contributed by atoms with Gasteiger partial charge in [-0.1, -0.05) is 39.8 Å². The van der Waals surface area contributed by atoms with Crippen molar-refractivity contribution in [2.45, 2.75) is 40.0 Å². The number of ether oxygens (including phenoxy) is 2. The largest absolute Gasteiger partial charge is 0.460 e. The van der Waals surface area contributed by atoms with Gasteiger partial charge in [0.15, 0.2) is 0 Å². The van der Waals surface area contributed by atoms with E-state index in [4.69, 9.17) is 9.47 Å². The molecule has 0 spiro atoms. The van der Waals surface area contributed by atoms with Crippen molar-refractivity contribution in [2.75, 3.05) is 20.3 Å². The van der Waals surface area contributed by atoms with Gasteiger partial charge in [0.2, 0.25) is 0 Å². The van der Waals surface area contributed by atoms with E-state index in [0.29, 0.717) is 36.5 Å². The first-order chi connectivity index (χ1) is 9.95. The summed E-state index contributed by atoms with van der Waals surface area (Å²) in [7, 11) is 1.59. The maximum absolute atomic E-state index is 11.8. The Morgan fingerprint density at radius 2 is 1.67 bits per heavy atom. The first-order valence-corrected chi connectivity index (χ1v) is 7.71. The topological polar surface area (TPSA) is 35.5 Å². The smallest absolute Gasteiger partial charge is 0.338 e. The number of carbonyl (C=O) groups is 1. The van der Waals surface area contributed by atoms with Crippen molar-refractivity contribution in [3.05, 3.63) is 35.4 Å². The zero-order valence-electron chi connectivity index (χ0n) is 13.9. The number of hydrogen-bond acceptors (Lipinski definition) is 3. The number of hydrogen-bond donors (Lipinski definition) is 0. The Kier molecular flexibility index (Phi) is 7.44. The zero-order valence-corrected chi connectivity index (χ0v) is 13.9. The summed E-state index contributed by atoms with van der Waals surface area (Å²) < 4.78 is 9.98. The van der Waals surface area contributed by atoms with Crippen LogP contribution in [0.25, 0.3) is 0 Å². The van der Waals surface area contributed by atoms with Gasteiger partial charge in [-0.3, -0.25) is 0 Å². The van der Waals surface area contributed by atoms with Crippen LogP contribution in [0.5, 0.6) is 0 Å². The highest BCUT2D eigenvalue weighted by Gasteiger charge is 2.18. The number of esters is 1. The molecule has 0 aliphatic carbocycles. The molecule has 1 atom stereocenters. The molecule has 0 bridgehead atoms. The summed E-state index contributed by atoms with van der Waals surface area (Å²) >= 11 is 0. The van der Waals surface area contributed by atoms with Gasteiger partial charge in [0.1, 0.15) is 6.61 Å². The fraction of sp³-hybridized carbons (Fsp3) is 0.611. The third-order valence-corrected chi connectivity index (χ3v) is 3.63. The van der Waals surface area contributed by atoms with Gasteiger partial charge in [0.05, 0.1) is 12.2 Å². The van der Waals surface area contributed by atoms with Gasteiger partial charge in [0, 0.05) is 7.11 Å². The first-order valence-electron chi connectivity index (χ1n) is 7.71. The molecule has 0 heterocycles. The predicted molar refractivity (Wildman–Crippen MR) is 85.6 cm³/mol. The van der Waals surface area contributed by atoms with Gasteiger partial charge in [-0.25, -0.2) is 4.79 Å². The molecule has 0 aliphatic heterocycles. The van der Waals surface area contributed by atoms with E-state index >= 15 is 0 Å². The number of benzene rings is 1. The molecule has 1 rings (SSSR count). The Balaban J connectivity index is 2.73. The van der Waals surface area contributed by atoms with Crippen LogP contribution < -0.4 is 0 Å². The Bertz CT molecular complexity index is 421. The van der Waals surface area contributed by atoms with Crippen LogP contribution in [0.1, 0.15) is 56.0 Å². The van der Waals surface area contributed by atoms with Crippen molar-refractivity contribution in [1.29, 1.82) is 0 Å². The third kappa shape index (κ3) is 5.88. The standard InChI is InChI=1S/C18H28O3/c1-13(2)12-17(14(3)4)15-6-8-16(9-7-15)18(19)21-11-10-20-5/h6-9,13-14,17H,10-12H2,1-5H3. The van der Waals surface area contributed by atoms with Crippen molar-refractivity contribution in [2.24, 2.45) is 11.8 Å². The van der Waals surface area contributed by atoms with E-state index in [1.165, 1.54) is 5.56 Å². The van der Waals surface area contributed by atoms with E-state index in [2.05, 4.69) is 39.8 Å². The van der Waals surface area contributed by atoms with Crippen LogP contribution in [0.4, 0.5) is 0 Å². The molecule has 0 saturated carbocycles. The zero-order chi connectivity index (χ0) is 15.8. The average Bonchev–Trinajstić information content (AvgIpc) is 2.44. The summed E-state index contributed by atoms with van der Waals surface area (Å²) in [6.07, 6.45) is 1.16. The second kappa shape index (κ2) is 8.83. The lowest BCUT2D eigenvalue weighted by Gasteiger charge is -2.23. The van der Waals surface area contributed by atoms with Gasteiger partial charge in [0.25, 0.3) is 0 Å².